The quantitative estimate of drug-likeness (QED) is 0.227. The molecule has 1 atom stereocenters. The van der Waals surface area contributed by atoms with Crippen LogP contribution in [-0.2, 0) is 11.2 Å². The number of allylic oxidation sites excluding steroid dienone is 4. The molecule has 2 heterocycles. The van der Waals surface area contributed by atoms with Crippen LogP contribution in [0.4, 0.5) is 4.39 Å². The summed E-state index contributed by atoms with van der Waals surface area (Å²) in [4.78, 5) is 19.1. The summed E-state index contributed by atoms with van der Waals surface area (Å²) in [7, 11) is 0. The lowest BCUT2D eigenvalue weighted by Gasteiger charge is -2.33. The fourth-order valence-corrected chi connectivity index (χ4v) is 3.96. The van der Waals surface area contributed by atoms with Crippen LogP contribution in [0.25, 0.3) is 0 Å². The largest absolute Gasteiger partial charge is 0.332 e. The Morgan fingerprint density at radius 1 is 1.36 bits per heavy atom. The minimum Gasteiger partial charge on any atom is -0.332 e. The van der Waals surface area contributed by atoms with Crippen LogP contribution in [0.5, 0.6) is 0 Å². The number of amides is 1. The van der Waals surface area contributed by atoms with Crippen molar-refractivity contribution in [3.63, 3.8) is 0 Å². The summed E-state index contributed by atoms with van der Waals surface area (Å²) in [6, 6.07) is 9.65. The maximum Gasteiger partial charge on any atom is 0.228 e. The number of guanidine groups is 1. The van der Waals surface area contributed by atoms with Gasteiger partial charge in [-0.15, -0.1) is 0 Å². The molecule has 1 N–H and O–H groups in total. The second kappa shape index (κ2) is 11.8. The molecule has 0 aromatic heterocycles. The summed E-state index contributed by atoms with van der Waals surface area (Å²) >= 11 is 0. The molecule has 1 unspecified atom stereocenters. The van der Waals surface area contributed by atoms with E-state index in [1.807, 2.05) is 54.4 Å². The number of likely N-dealkylation sites (tertiary alicyclic amines) is 1. The fraction of sp³-hybridized carbons (Fsp3) is 0.360. The van der Waals surface area contributed by atoms with Gasteiger partial charge in [-0.25, -0.2) is 9.40 Å². The van der Waals surface area contributed by atoms with Crippen molar-refractivity contribution in [2.45, 2.75) is 38.6 Å². The molecule has 0 saturated carbocycles. The zero-order valence-corrected chi connectivity index (χ0v) is 18.9. The molecule has 1 aromatic carbocycles. The first kappa shape index (κ1) is 23.9. The fourth-order valence-electron chi connectivity index (χ4n) is 3.96. The number of hydrogen-bond acceptors (Lipinski definition) is 4. The highest BCUT2D eigenvalue weighted by Gasteiger charge is 2.37. The molecular weight excluding hydrogens is 419 g/mol. The predicted molar refractivity (Wildman–Crippen MR) is 128 cm³/mol. The number of piperidine rings is 1. The standard InChI is InChI=1S/C25H29FN6O/c1-3-21(13-12-19(2)26)24-22(31-16-8-7-11-23(31)33)17-32(30-24)25(29-18-27)28-15-14-20-9-5-4-6-10-20/h3-6,9-10,12-13,22H,2,7-8,11,14-17H2,1H3,(H,28,29)/b13-12-,21-3+. The molecular formula is C25H29FN6O. The predicted octanol–water partition coefficient (Wildman–Crippen LogP) is 3.69. The minimum absolute atomic E-state index is 0.0749. The molecule has 8 heteroatoms. The average Bonchev–Trinajstić information content (AvgIpc) is 3.24. The SMILES string of the molecule is C=C(F)/C=C\C(=C/C)C1=NN(C(=NCCc2ccccc2)NC#N)CC1N1CCCCC1=O. The number of hydrazone groups is 1. The average molecular weight is 449 g/mol. The van der Waals surface area contributed by atoms with E-state index in [4.69, 9.17) is 5.10 Å². The molecule has 1 saturated heterocycles. The third-order valence-electron chi connectivity index (χ3n) is 5.59. The van der Waals surface area contributed by atoms with E-state index in [0.29, 0.717) is 43.3 Å². The van der Waals surface area contributed by atoms with Crippen molar-refractivity contribution in [2.24, 2.45) is 10.1 Å². The van der Waals surface area contributed by atoms with E-state index in [-0.39, 0.29) is 11.9 Å². The number of nitrogens with zero attached hydrogens (tertiary/aromatic N) is 5. The smallest absolute Gasteiger partial charge is 0.228 e. The van der Waals surface area contributed by atoms with Gasteiger partial charge in [0.15, 0.2) is 6.19 Å². The third-order valence-corrected chi connectivity index (χ3v) is 5.59. The van der Waals surface area contributed by atoms with Crippen LogP contribution in [0.1, 0.15) is 31.7 Å². The Labute approximate surface area is 194 Å². The lowest BCUT2D eigenvalue weighted by molar-refractivity contribution is -0.134. The Morgan fingerprint density at radius 3 is 2.82 bits per heavy atom. The topological polar surface area (TPSA) is 84.1 Å². The maximum absolute atomic E-state index is 13.3. The number of rotatable bonds is 7. The molecule has 1 aromatic rings. The van der Waals surface area contributed by atoms with Crippen LogP contribution in [0, 0.1) is 11.5 Å². The first-order valence-electron chi connectivity index (χ1n) is 11.1. The van der Waals surface area contributed by atoms with Crippen LogP contribution in [0.2, 0.25) is 0 Å². The van der Waals surface area contributed by atoms with Gasteiger partial charge >= 0.3 is 0 Å². The molecule has 1 amide bonds. The van der Waals surface area contributed by atoms with Gasteiger partial charge in [0, 0.05) is 19.5 Å². The molecule has 0 spiro atoms. The molecule has 7 nitrogen and oxygen atoms in total. The lowest BCUT2D eigenvalue weighted by atomic mass is 9.99. The summed E-state index contributed by atoms with van der Waals surface area (Å²) in [5.74, 6) is -0.164. The van der Waals surface area contributed by atoms with E-state index in [1.165, 1.54) is 6.08 Å². The Kier molecular flexibility index (Phi) is 8.53. The summed E-state index contributed by atoms with van der Waals surface area (Å²) in [5, 5.41) is 18.2. The van der Waals surface area contributed by atoms with Gasteiger partial charge in [-0.05, 0) is 43.4 Å². The van der Waals surface area contributed by atoms with Gasteiger partial charge in [0.2, 0.25) is 11.9 Å². The summed E-state index contributed by atoms with van der Waals surface area (Å²) < 4.78 is 13.3. The molecule has 3 rings (SSSR count). The molecule has 0 aliphatic carbocycles. The Bertz CT molecular complexity index is 1020. The molecule has 0 bridgehead atoms. The van der Waals surface area contributed by atoms with Crippen LogP contribution in [0.3, 0.4) is 0 Å². The van der Waals surface area contributed by atoms with Gasteiger partial charge in [0.25, 0.3) is 0 Å². The number of nitriles is 1. The van der Waals surface area contributed by atoms with E-state index < -0.39 is 5.83 Å². The number of benzene rings is 1. The van der Waals surface area contributed by atoms with Crippen molar-refractivity contribution in [2.75, 3.05) is 19.6 Å². The molecule has 1 fully saturated rings. The molecule has 0 radical (unpaired) electrons. The van der Waals surface area contributed by atoms with Gasteiger partial charge in [-0.1, -0.05) is 49.1 Å². The van der Waals surface area contributed by atoms with E-state index in [9.17, 15) is 14.4 Å². The second-order valence-corrected chi connectivity index (χ2v) is 7.83. The Hall–Kier alpha value is -3.73. The number of halogens is 1. The number of aliphatic imine (C=N–C) groups is 1. The first-order valence-corrected chi connectivity index (χ1v) is 11.1. The monoisotopic (exact) mass is 448 g/mol. The number of nitrogens with one attached hydrogen (secondary N) is 1. The van der Waals surface area contributed by atoms with E-state index in [2.05, 4.69) is 16.9 Å². The van der Waals surface area contributed by atoms with Crippen LogP contribution in [0.15, 0.2) is 76.6 Å². The maximum atomic E-state index is 13.3. The van der Waals surface area contributed by atoms with E-state index in [1.54, 1.807) is 11.1 Å². The highest BCUT2D eigenvalue weighted by Crippen LogP contribution is 2.24. The van der Waals surface area contributed by atoms with Crippen molar-refractivity contribution in [3.05, 3.63) is 72.1 Å². The van der Waals surface area contributed by atoms with Crippen molar-refractivity contribution in [1.29, 1.82) is 5.26 Å². The highest BCUT2D eigenvalue weighted by molar-refractivity contribution is 6.09. The van der Waals surface area contributed by atoms with Crippen LogP contribution >= 0.6 is 0 Å². The molecule has 172 valence electrons. The van der Waals surface area contributed by atoms with Gasteiger partial charge in [-0.2, -0.15) is 10.4 Å². The summed E-state index contributed by atoms with van der Waals surface area (Å²) in [5.41, 5.74) is 2.48. The number of carbonyl (C=O) groups excluding carboxylic acids is 1. The van der Waals surface area contributed by atoms with Crippen molar-refractivity contribution in [1.82, 2.24) is 15.2 Å². The normalized spacial score (nSPS) is 19.6. The zero-order valence-electron chi connectivity index (χ0n) is 18.9. The van der Waals surface area contributed by atoms with E-state index >= 15 is 0 Å². The van der Waals surface area contributed by atoms with Crippen LogP contribution in [-0.4, -0.2) is 53.2 Å². The van der Waals surface area contributed by atoms with Gasteiger partial charge in [0.05, 0.1) is 18.3 Å². The van der Waals surface area contributed by atoms with Gasteiger partial charge in [0.1, 0.15) is 5.83 Å². The van der Waals surface area contributed by atoms with Crippen molar-refractivity contribution >= 4 is 17.6 Å². The van der Waals surface area contributed by atoms with Crippen molar-refractivity contribution < 1.29 is 9.18 Å². The molecule has 33 heavy (non-hydrogen) atoms. The summed E-state index contributed by atoms with van der Waals surface area (Å²) in [6.45, 7) is 6.58. The zero-order chi connectivity index (χ0) is 23.6. The minimum atomic E-state index is -0.565. The molecule has 2 aliphatic heterocycles. The Morgan fingerprint density at radius 2 is 2.15 bits per heavy atom. The third kappa shape index (κ3) is 6.39. The van der Waals surface area contributed by atoms with Crippen LogP contribution < -0.4 is 5.32 Å². The van der Waals surface area contributed by atoms with Gasteiger partial charge in [-0.3, -0.25) is 15.1 Å². The summed E-state index contributed by atoms with van der Waals surface area (Å²) in [6.07, 6.45) is 9.66. The first-order chi connectivity index (χ1) is 16.0. The number of hydrogen-bond donors (Lipinski definition) is 1. The molecule has 2 aliphatic rings. The lowest BCUT2D eigenvalue weighted by Crippen LogP contribution is -2.50. The Balaban J connectivity index is 1.88. The number of carbonyl (C=O) groups is 1. The van der Waals surface area contributed by atoms with E-state index in [0.717, 1.165) is 24.8 Å². The second-order valence-electron chi connectivity index (χ2n) is 7.83. The highest BCUT2D eigenvalue weighted by atomic mass is 19.1. The van der Waals surface area contributed by atoms with Crippen molar-refractivity contribution in [3.8, 4) is 6.19 Å². The van der Waals surface area contributed by atoms with Gasteiger partial charge < -0.3 is 4.90 Å².